The molecule has 0 fully saturated rings. The van der Waals surface area contributed by atoms with Gasteiger partial charge in [-0.15, -0.1) is 22.7 Å². The highest BCUT2D eigenvalue weighted by Crippen LogP contribution is 2.49. The van der Waals surface area contributed by atoms with Crippen LogP contribution in [0.1, 0.15) is 17.3 Å². The van der Waals surface area contributed by atoms with E-state index in [4.69, 9.17) is 19.7 Å². The second kappa shape index (κ2) is 13.6. The first-order valence-corrected chi connectivity index (χ1v) is 22.2. The molecule has 0 saturated carbocycles. The zero-order chi connectivity index (χ0) is 40.0. The zero-order valence-electron chi connectivity index (χ0n) is 32.6. The highest BCUT2D eigenvalue weighted by molar-refractivity contribution is 7.26. The average Bonchev–Trinajstić information content (AvgIpc) is 4.02. The molecule has 0 saturated heterocycles. The highest BCUT2D eigenvalue weighted by Gasteiger charge is 2.39. The van der Waals surface area contributed by atoms with E-state index in [2.05, 4.69) is 188 Å². The third kappa shape index (κ3) is 5.60. The van der Waals surface area contributed by atoms with Gasteiger partial charge in [0.15, 0.2) is 17.5 Å². The Morgan fingerprint density at radius 1 is 0.443 bits per heavy atom. The molecule has 11 aromatic rings. The van der Waals surface area contributed by atoms with E-state index in [9.17, 15) is 0 Å². The Labute approximate surface area is 359 Å². The van der Waals surface area contributed by atoms with Gasteiger partial charge < -0.3 is 4.74 Å². The van der Waals surface area contributed by atoms with Gasteiger partial charge in [-0.3, -0.25) is 0 Å². The maximum absolute atomic E-state index is 6.78. The van der Waals surface area contributed by atoms with Crippen LogP contribution in [0.25, 0.3) is 102 Å². The molecule has 0 radical (unpaired) electrons. The molecule has 4 nitrogen and oxygen atoms in total. The lowest BCUT2D eigenvalue weighted by atomic mass is 9.83. The van der Waals surface area contributed by atoms with Crippen LogP contribution in [-0.4, -0.2) is 21.1 Å². The van der Waals surface area contributed by atoms with Gasteiger partial charge in [0.25, 0.3) is 0 Å². The van der Waals surface area contributed by atoms with Crippen molar-refractivity contribution in [2.45, 2.75) is 12.0 Å². The first kappa shape index (κ1) is 34.6. The number of fused-ring (bicyclic) bond motifs is 10. The van der Waals surface area contributed by atoms with Crippen molar-refractivity contribution in [1.29, 1.82) is 0 Å². The Balaban J connectivity index is 0.931. The molecule has 1 aliphatic carbocycles. The number of hydrogen-bond acceptors (Lipinski definition) is 6. The van der Waals surface area contributed by atoms with Crippen LogP contribution in [0, 0.1) is 0 Å². The van der Waals surface area contributed by atoms with Gasteiger partial charge in [0.2, 0.25) is 0 Å². The van der Waals surface area contributed by atoms with Crippen molar-refractivity contribution in [3.8, 4) is 50.8 Å². The molecule has 286 valence electrons. The lowest BCUT2D eigenvalue weighted by Crippen LogP contribution is -2.20. The molecule has 8 aromatic carbocycles. The van der Waals surface area contributed by atoms with Crippen molar-refractivity contribution in [3.63, 3.8) is 0 Å². The third-order valence-corrected chi connectivity index (χ3v) is 14.6. The number of rotatable bonds is 5. The quantitative estimate of drug-likeness (QED) is 0.174. The van der Waals surface area contributed by atoms with Crippen LogP contribution in [0.5, 0.6) is 5.75 Å². The molecule has 1 aliphatic heterocycles. The SMILES string of the molecule is C1=CC2Oc3cc(-c4ccc5c(c4)sc4ccccc45)ccc3C2C(c2nc(-c3ccc(-c4cccc5ccccc45)cc3)nc(-c3cccc4sc5ccccc5c34)n2)=C1. The minimum absolute atomic E-state index is 0.0752. The summed E-state index contributed by atoms with van der Waals surface area (Å²) in [5.41, 5.74) is 8.76. The maximum atomic E-state index is 6.78. The fourth-order valence-electron chi connectivity index (χ4n) is 9.44. The second-order valence-electron chi connectivity index (χ2n) is 15.8. The third-order valence-electron chi connectivity index (χ3n) is 12.3. The molecule has 3 aromatic heterocycles. The molecule has 2 aliphatic rings. The van der Waals surface area contributed by atoms with E-state index in [1.165, 1.54) is 62.2 Å². The van der Waals surface area contributed by atoms with Crippen LogP contribution in [-0.2, 0) is 0 Å². The number of thiophene rings is 2. The Hall–Kier alpha value is -7.25. The largest absolute Gasteiger partial charge is 0.485 e. The summed E-state index contributed by atoms with van der Waals surface area (Å²) in [6.07, 6.45) is 6.23. The monoisotopic (exact) mass is 815 g/mol. The average molecular weight is 816 g/mol. The van der Waals surface area contributed by atoms with E-state index in [1.54, 1.807) is 11.3 Å². The fraction of sp³-hybridized carbons (Fsp3) is 0.0364. The lowest BCUT2D eigenvalue weighted by molar-refractivity contribution is 0.271. The molecule has 0 spiro atoms. The summed E-state index contributed by atoms with van der Waals surface area (Å²) in [7, 11) is 0. The summed E-state index contributed by atoms with van der Waals surface area (Å²) in [6, 6.07) is 60.9. The number of nitrogens with zero attached hydrogens (tertiary/aromatic N) is 3. The van der Waals surface area contributed by atoms with Crippen LogP contribution < -0.4 is 4.74 Å². The molecular formula is C55H33N3OS2. The van der Waals surface area contributed by atoms with Crippen LogP contribution in [0.15, 0.2) is 188 Å². The summed E-state index contributed by atoms with van der Waals surface area (Å²) in [6.45, 7) is 0. The van der Waals surface area contributed by atoms with Crippen molar-refractivity contribution in [2.75, 3.05) is 0 Å². The molecule has 0 N–H and O–H groups in total. The molecule has 0 amide bonds. The van der Waals surface area contributed by atoms with Gasteiger partial charge in [0.05, 0.1) is 5.92 Å². The molecule has 13 rings (SSSR count). The van der Waals surface area contributed by atoms with E-state index >= 15 is 0 Å². The Kier molecular flexibility index (Phi) is 7.74. The van der Waals surface area contributed by atoms with Gasteiger partial charge >= 0.3 is 0 Å². The van der Waals surface area contributed by atoms with Gasteiger partial charge in [0.1, 0.15) is 11.9 Å². The van der Waals surface area contributed by atoms with Gasteiger partial charge in [-0.1, -0.05) is 152 Å². The Bertz CT molecular complexity index is 3650. The number of benzene rings is 8. The van der Waals surface area contributed by atoms with Crippen molar-refractivity contribution >= 4 is 79.4 Å². The normalized spacial score (nSPS) is 15.7. The number of aromatic nitrogens is 3. The van der Waals surface area contributed by atoms with Crippen LogP contribution in [0.4, 0.5) is 0 Å². The molecule has 2 unspecified atom stereocenters. The molecule has 6 heteroatoms. The van der Waals surface area contributed by atoms with Gasteiger partial charge in [-0.25, -0.2) is 15.0 Å². The number of hydrogen-bond donors (Lipinski definition) is 0. The predicted molar refractivity (Wildman–Crippen MR) is 256 cm³/mol. The zero-order valence-corrected chi connectivity index (χ0v) is 34.3. The first-order chi connectivity index (χ1) is 30.2. The van der Waals surface area contributed by atoms with E-state index in [1.807, 2.05) is 11.3 Å². The summed E-state index contributed by atoms with van der Waals surface area (Å²) in [5, 5.41) is 7.44. The minimum Gasteiger partial charge on any atom is -0.485 e. The summed E-state index contributed by atoms with van der Waals surface area (Å²) in [5.74, 6) is 2.78. The topological polar surface area (TPSA) is 47.9 Å². The van der Waals surface area contributed by atoms with Crippen molar-refractivity contribution in [3.05, 3.63) is 199 Å². The smallest absolute Gasteiger partial charge is 0.164 e. The molecule has 61 heavy (non-hydrogen) atoms. The van der Waals surface area contributed by atoms with E-state index in [0.717, 1.165) is 39.1 Å². The van der Waals surface area contributed by atoms with Crippen molar-refractivity contribution in [1.82, 2.24) is 15.0 Å². The summed E-state index contributed by atoms with van der Waals surface area (Å²) in [4.78, 5) is 15.9. The van der Waals surface area contributed by atoms with E-state index < -0.39 is 0 Å². The van der Waals surface area contributed by atoms with E-state index in [0.29, 0.717) is 17.5 Å². The standard InChI is InChI=1S/C55H33N3OS2/c1-2-12-37-32(10-1)11-7-15-38(37)33-22-24-34(25-23-33)53-56-54(58-55(57-53)44-17-9-21-49-52(44)42-14-4-6-20-48(42)60-49)43-16-8-18-45-51(43)41-29-27-35(30-46(41)59-45)36-26-28-40-39-13-3-5-19-47(39)61-50(40)31-36/h1-31,45,51H. The molecule has 2 atom stereocenters. The highest BCUT2D eigenvalue weighted by atomic mass is 32.1. The Morgan fingerprint density at radius 3 is 1.97 bits per heavy atom. The maximum Gasteiger partial charge on any atom is 0.164 e. The molecule has 0 bridgehead atoms. The summed E-state index contributed by atoms with van der Waals surface area (Å²) >= 11 is 3.65. The second-order valence-corrected chi connectivity index (χ2v) is 18.0. The Morgan fingerprint density at radius 2 is 1.07 bits per heavy atom. The van der Waals surface area contributed by atoms with Crippen LogP contribution >= 0.6 is 22.7 Å². The minimum atomic E-state index is -0.178. The number of allylic oxidation sites excluding steroid dienone is 2. The van der Waals surface area contributed by atoms with Crippen molar-refractivity contribution in [2.24, 2.45) is 0 Å². The van der Waals surface area contributed by atoms with Crippen molar-refractivity contribution < 1.29 is 4.74 Å². The van der Waals surface area contributed by atoms with Crippen LogP contribution in [0.3, 0.4) is 0 Å². The first-order valence-electron chi connectivity index (χ1n) is 20.6. The molecule has 4 heterocycles. The summed E-state index contributed by atoms with van der Waals surface area (Å²) < 4.78 is 11.8. The number of ether oxygens (including phenoxy) is 1. The van der Waals surface area contributed by atoms with E-state index in [-0.39, 0.29) is 12.0 Å². The molecular weight excluding hydrogens is 783 g/mol. The predicted octanol–water partition coefficient (Wildman–Crippen LogP) is 14.9. The van der Waals surface area contributed by atoms with Gasteiger partial charge in [-0.2, -0.15) is 0 Å². The fourth-order valence-corrected chi connectivity index (χ4v) is 11.7. The van der Waals surface area contributed by atoms with Crippen LogP contribution in [0.2, 0.25) is 0 Å². The van der Waals surface area contributed by atoms with Gasteiger partial charge in [-0.05, 0) is 69.4 Å². The lowest BCUT2D eigenvalue weighted by Gasteiger charge is -2.22. The van der Waals surface area contributed by atoms with Gasteiger partial charge in [0, 0.05) is 62.6 Å².